The first-order chi connectivity index (χ1) is 6.09. The van der Waals surface area contributed by atoms with Crippen molar-refractivity contribution in [1.29, 1.82) is 0 Å². The van der Waals surface area contributed by atoms with Crippen LogP contribution in [0.4, 0.5) is 8.78 Å². The van der Waals surface area contributed by atoms with Crippen molar-refractivity contribution in [3.05, 3.63) is 8.92 Å². The van der Waals surface area contributed by atoms with E-state index in [4.69, 9.17) is 0 Å². The Morgan fingerprint density at radius 3 is 2.69 bits per heavy atom. The fourth-order valence-corrected chi connectivity index (χ4v) is 2.93. The Kier molecular flexibility index (Phi) is 2.35. The highest BCUT2D eigenvalue weighted by atomic mass is 79.9. The van der Waals surface area contributed by atoms with E-state index >= 15 is 0 Å². The van der Waals surface area contributed by atoms with Crippen molar-refractivity contribution in [2.75, 3.05) is 0 Å². The van der Waals surface area contributed by atoms with Gasteiger partial charge in [0.05, 0.1) is 5.92 Å². The normalized spacial score (nSPS) is 26.5. The second kappa shape index (κ2) is 3.24. The van der Waals surface area contributed by atoms with E-state index in [2.05, 4.69) is 26.1 Å². The lowest BCUT2D eigenvalue weighted by Crippen LogP contribution is -2.19. The van der Waals surface area contributed by atoms with E-state index in [1.807, 2.05) is 0 Å². The lowest BCUT2D eigenvalue weighted by atomic mass is 10.1. The van der Waals surface area contributed by atoms with E-state index in [1.165, 1.54) is 11.3 Å². The van der Waals surface area contributed by atoms with Gasteiger partial charge in [-0.1, -0.05) is 11.3 Å². The predicted octanol–water partition coefficient (Wildman–Crippen LogP) is 3.20. The second-order valence-corrected chi connectivity index (χ2v) is 5.38. The van der Waals surface area contributed by atoms with Crippen LogP contribution in [0.25, 0.3) is 0 Å². The lowest BCUT2D eigenvalue weighted by molar-refractivity contribution is -0.00916. The van der Waals surface area contributed by atoms with Crippen LogP contribution in [0.15, 0.2) is 3.92 Å². The van der Waals surface area contributed by atoms with E-state index in [9.17, 15) is 8.78 Å². The number of rotatable bonds is 1. The maximum absolute atomic E-state index is 13.2. The average Bonchev–Trinajstić information content (AvgIpc) is 2.56. The minimum absolute atomic E-state index is 0.0190. The third-order valence-electron chi connectivity index (χ3n) is 2.23. The van der Waals surface area contributed by atoms with Crippen LogP contribution in [0.1, 0.15) is 30.2 Å². The Morgan fingerprint density at radius 1 is 1.46 bits per heavy atom. The zero-order chi connectivity index (χ0) is 9.47. The molecule has 0 bridgehead atoms. The molecule has 1 saturated carbocycles. The third kappa shape index (κ3) is 1.74. The van der Waals surface area contributed by atoms with E-state index in [0.29, 0.717) is 21.8 Å². The summed E-state index contributed by atoms with van der Waals surface area (Å²) in [6, 6.07) is 0. The van der Waals surface area contributed by atoms with Crippen molar-refractivity contribution in [3.8, 4) is 0 Å². The van der Waals surface area contributed by atoms with Crippen molar-refractivity contribution in [1.82, 2.24) is 10.2 Å². The van der Waals surface area contributed by atoms with Crippen molar-refractivity contribution in [2.24, 2.45) is 0 Å². The molecule has 72 valence electrons. The van der Waals surface area contributed by atoms with Crippen molar-refractivity contribution in [3.63, 3.8) is 0 Å². The fraction of sp³-hybridized carbons (Fsp3) is 0.714. The summed E-state index contributed by atoms with van der Waals surface area (Å²) in [6.45, 7) is 0. The molecule has 0 amide bonds. The molecule has 0 N–H and O–H groups in total. The Morgan fingerprint density at radius 2 is 2.23 bits per heavy atom. The summed E-state index contributed by atoms with van der Waals surface area (Å²) in [7, 11) is 0. The topological polar surface area (TPSA) is 25.8 Å². The minimum Gasteiger partial charge on any atom is -0.206 e. The molecule has 1 fully saturated rings. The Labute approximate surface area is 86.5 Å². The molecule has 0 aliphatic heterocycles. The molecular weight excluding hydrogens is 262 g/mol. The van der Waals surface area contributed by atoms with Crippen LogP contribution >= 0.6 is 27.3 Å². The average molecular weight is 269 g/mol. The summed E-state index contributed by atoms with van der Waals surface area (Å²) in [5, 5.41) is 7.87. The number of hydrogen-bond acceptors (Lipinski definition) is 3. The molecule has 2 rings (SSSR count). The molecule has 1 aromatic rings. The summed E-state index contributed by atoms with van der Waals surface area (Å²) >= 11 is 4.32. The summed E-state index contributed by atoms with van der Waals surface area (Å²) in [4.78, 5) is 0. The van der Waals surface area contributed by atoms with E-state index in [-0.39, 0.29) is 6.42 Å². The number of hydrogen-bond donors (Lipinski definition) is 0. The maximum atomic E-state index is 13.2. The second-order valence-electron chi connectivity index (χ2n) is 3.10. The van der Waals surface area contributed by atoms with Crippen molar-refractivity contribution >= 4 is 27.3 Å². The van der Waals surface area contributed by atoms with Gasteiger partial charge >= 0.3 is 0 Å². The van der Waals surface area contributed by atoms with Gasteiger partial charge in [0.15, 0.2) is 3.92 Å². The molecule has 1 heterocycles. The van der Waals surface area contributed by atoms with E-state index in [0.717, 1.165) is 0 Å². The van der Waals surface area contributed by atoms with Crippen molar-refractivity contribution < 1.29 is 8.78 Å². The first kappa shape index (κ1) is 9.45. The highest BCUT2D eigenvalue weighted by Crippen LogP contribution is 2.47. The molecular formula is C7H7BrF2N2S. The molecule has 1 aliphatic rings. The standard InChI is InChI=1S/C7H7BrF2N2S/c8-6-12-11-5(13-6)4-2-1-3-7(4,9)10/h4H,1-3H2. The van der Waals surface area contributed by atoms with Crippen LogP contribution in [0.5, 0.6) is 0 Å². The van der Waals surface area contributed by atoms with Gasteiger partial charge in [-0.05, 0) is 28.8 Å². The maximum Gasteiger partial charge on any atom is 0.257 e. The van der Waals surface area contributed by atoms with Gasteiger partial charge < -0.3 is 0 Å². The van der Waals surface area contributed by atoms with Gasteiger partial charge in [0.2, 0.25) is 0 Å². The molecule has 1 atom stereocenters. The Bertz CT molecular complexity index is 315. The smallest absolute Gasteiger partial charge is 0.206 e. The van der Waals surface area contributed by atoms with Crippen LogP contribution in [0.3, 0.4) is 0 Å². The lowest BCUT2D eigenvalue weighted by Gasteiger charge is -2.15. The van der Waals surface area contributed by atoms with Gasteiger partial charge in [-0.3, -0.25) is 0 Å². The van der Waals surface area contributed by atoms with Crippen molar-refractivity contribution in [2.45, 2.75) is 31.1 Å². The molecule has 0 spiro atoms. The fourth-order valence-electron chi connectivity index (χ4n) is 1.59. The molecule has 0 radical (unpaired) electrons. The third-order valence-corrected chi connectivity index (χ3v) is 3.70. The highest BCUT2D eigenvalue weighted by molar-refractivity contribution is 9.11. The molecule has 0 aromatic carbocycles. The Balaban J connectivity index is 2.26. The van der Waals surface area contributed by atoms with Gasteiger partial charge in [-0.2, -0.15) is 0 Å². The molecule has 0 saturated heterocycles. The number of halogens is 3. The number of nitrogens with zero attached hydrogens (tertiary/aromatic N) is 2. The molecule has 1 unspecified atom stereocenters. The van der Waals surface area contributed by atoms with Gasteiger partial charge in [0, 0.05) is 6.42 Å². The minimum atomic E-state index is -2.58. The summed E-state index contributed by atoms with van der Waals surface area (Å²) < 4.78 is 27.0. The Hall–Kier alpha value is -0.100. The van der Waals surface area contributed by atoms with Gasteiger partial charge in [-0.25, -0.2) is 8.78 Å². The first-order valence-corrected chi connectivity index (χ1v) is 5.57. The van der Waals surface area contributed by atoms with E-state index < -0.39 is 11.8 Å². The highest BCUT2D eigenvalue weighted by Gasteiger charge is 2.46. The molecule has 6 heteroatoms. The van der Waals surface area contributed by atoms with Crippen LogP contribution in [0, 0.1) is 0 Å². The van der Waals surface area contributed by atoms with Crippen LogP contribution in [-0.2, 0) is 0 Å². The summed E-state index contributed by atoms with van der Waals surface area (Å²) in [6.07, 6.45) is 1.08. The van der Waals surface area contributed by atoms with Gasteiger partial charge in [0.25, 0.3) is 5.92 Å². The zero-order valence-electron chi connectivity index (χ0n) is 6.64. The molecule has 13 heavy (non-hydrogen) atoms. The SMILES string of the molecule is FC1(F)CCCC1c1nnc(Br)s1. The zero-order valence-corrected chi connectivity index (χ0v) is 9.04. The molecule has 1 aromatic heterocycles. The molecule has 1 aliphatic carbocycles. The van der Waals surface area contributed by atoms with Gasteiger partial charge in [0.1, 0.15) is 5.01 Å². The predicted molar refractivity (Wildman–Crippen MR) is 49.1 cm³/mol. The van der Waals surface area contributed by atoms with Crippen LogP contribution in [0.2, 0.25) is 0 Å². The largest absolute Gasteiger partial charge is 0.257 e. The monoisotopic (exact) mass is 268 g/mol. The van der Waals surface area contributed by atoms with E-state index in [1.54, 1.807) is 0 Å². The first-order valence-electron chi connectivity index (χ1n) is 3.96. The van der Waals surface area contributed by atoms with Crippen LogP contribution in [-0.4, -0.2) is 16.1 Å². The molecule has 2 nitrogen and oxygen atoms in total. The summed E-state index contributed by atoms with van der Waals surface area (Å²) in [5.74, 6) is -3.30. The quantitative estimate of drug-likeness (QED) is 0.782. The van der Waals surface area contributed by atoms with Gasteiger partial charge in [-0.15, -0.1) is 10.2 Å². The van der Waals surface area contributed by atoms with Crippen LogP contribution < -0.4 is 0 Å². The summed E-state index contributed by atoms with van der Waals surface area (Å²) in [5.41, 5.74) is 0. The number of aromatic nitrogens is 2. The number of alkyl halides is 2.